The number of para-hydroxylation sites is 1. The van der Waals surface area contributed by atoms with E-state index in [9.17, 15) is 9.59 Å². The summed E-state index contributed by atoms with van der Waals surface area (Å²) in [5.41, 5.74) is 0.667. The second kappa shape index (κ2) is 7.64. The van der Waals surface area contributed by atoms with Gasteiger partial charge in [0, 0.05) is 3.57 Å². The van der Waals surface area contributed by atoms with E-state index in [1.54, 1.807) is 31.2 Å². The number of carbonyl (C=O) groups excluding carboxylic acids is 2. The average molecular weight is 449 g/mol. The van der Waals surface area contributed by atoms with Crippen LogP contribution in [0.1, 0.15) is 13.3 Å². The fourth-order valence-corrected chi connectivity index (χ4v) is 2.64. The monoisotopic (exact) mass is 449 g/mol. The molecule has 25 heavy (non-hydrogen) atoms. The molecule has 1 atom stereocenters. The maximum atomic E-state index is 12.3. The molecule has 0 aromatic heterocycles. The second-order valence-electron chi connectivity index (χ2n) is 5.47. The van der Waals surface area contributed by atoms with Crippen LogP contribution in [-0.4, -0.2) is 23.8 Å². The average Bonchev–Trinajstić information content (AvgIpc) is 2.98. The maximum Gasteiger partial charge on any atom is 0.266 e. The van der Waals surface area contributed by atoms with Crippen molar-refractivity contribution in [1.29, 1.82) is 0 Å². The van der Waals surface area contributed by atoms with Crippen molar-refractivity contribution in [3.8, 4) is 5.75 Å². The van der Waals surface area contributed by atoms with Crippen molar-refractivity contribution in [3.63, 3.8) is 0 Å². The molecule has 3 rings (SSSR count). The molecular weight excluding hydrogens is 433 g/mol. The first kappa shape index (κ1) is 17.4. The molecule has 2 aromatic rings. The highest BCUT2D eigenvalue weighted by molar-refractivity contribution is 14.1. The summed E-state index contributed by atoms with van der Waals surface area (Å²) in [4.78, 5) is 24.4. The summed E-state index contributed by atoms with van der Waals surface area (Å²) in [6.07, 6.45) is -0.652. The number of amides is 2. The summed E-state index contributed by atoms with van der Waals surface area (Å²) >= 11 is 2.20. The predicted molar refractivity (Wildman–Crippen MR) is 103 cm³/mol. The summed E-state index contributed by atoms with van der Waals surface area (Å²) in [7, 11) is 0. The van der Waals surface area contributed by atoms with Crippen LogP contribution in [-0.2, 0) is 9.59 Å². The molecule has 1 N–H and O–H groups in total. The van der Waals surface area contributed by atoms with Gasteiger partial charge in [0.05, 0.1) is 12.1 Å². The minimum absolute atomic E-state index is 0.0525. The number of rotatable bonds is 4. The highest BCUT2D eigenvalue weighted by Gasteiger charge is 2.27. The van der Waals surface area contributed by atoms with Gasteiger partial charge in [-0.05, 0) is 65.9 Å². The molecular formula is C18H16IN3O3. The first-order chi connectivity index (χ1) is 12.0. The number of hydrogen-bond donors (Lipinski definition) is 1. The largest absolute Gasteiger partial charge is 0.481 e. The topological polar surface area (TPSA) is 71.0 Å². The summed E-state index contributed by atoms with van der Waals surface area (Å²) in [5, 5.41) is 8.15. The summed E-state index contributed by atoms with van der Waals surface area (Å²) in [5.74, 6) is 0.392. The van der Waals surface area contributed by atoms with E-state index in [-0.39, 0.29) is 18.2 Å². The van der Waals surface area contributed by atoms with E-state index in [0.29, 0.717) is 17.3 Å². The van der Waals surface area contributed by atoms with Crippen LogP contribution < -0.4 is 15.1 Å². The molecule has 1 aliphatic heterocycles. The predicted octanol–water partition coefficient (Wildman–Crippen LogP) is 2.93. The van der Waals surface area contributed by atoms with Gasteiger partial charge in [-0.1, -0.05) is 18.2 Å². The van der Waals surface area contributed by atoms with Gasteiger partial charge in [-0.15, -0.1) is 0 Å². The van der Waals surface area contributed by atoms with Crippen LogP contribution in [0.25, 0.3) is 0 Å². The highest BCUT2D eigenvalue weighted by Crippen LogP contribution is 2.19. The quantitative estimate of drug-likeness (QED) is 0.730. The van der Waals surface area contributed by atoms with Gasteiger partial charge in [0.25, 0.3) is 11.8 Å². The third kappa shape index (κ3) is 4.36. The van der Waals surface area contributed by atoms with Crippen molar-refractivity contribution in [3.05, 3.63) is 58.2 Å². The zero-order valence-corrected chi connectivity index (χ0v) is 15.6. The Bertz CT molecular complexity index is 806. The van der Waals surface area contributed by atoms with Gasteiger partial charge in [0.1, 0.15) is 11.6 Å². The number of hydrazone groups is 1. The summed E-state index contributed by atoms with van der Waals surface area (Å²) < 4.78 is 6.70. The van der Waals surface area contributed by atoms with Gasteiger partial charge in [-0.25, -0.2) is 0 Å². The molecule has 0 bridgehead atoms. The number of amidine groups is 1. The van der Waals surface area contributed by atoms with Gasteiger partial charge >= 0.3 is 0 Å². The number of halogens is 1. The molecule has 1 aliphatic rings. The molecule has 0 saturated heterocycles. The highest BCUT2D eigenvalue weighted by atomic mass is 127. The van der Waals surface area contributed by atoms with Crippen molar-refractivity contribution in [2.75, 3.05) is 5.01 Å². The summed E-state index contributed by atoms with van der Waals surface area (Å²) in [6.45, 7) is 1.65. The van der Waals surface area contributed by atoms with Crippen LogP contribution in [0.4, 0.5) is 5.69 Å². The van der Waals surface area contributed by atoms with E-state index < -0.39 is 6.10 Å². The van der Waals surface area contributed by atoms with Crippen LogP contribution in [0.2, 0.25) is 0 Å². The molecule has 0 aliphatic carbocycles. The minimum atomic E-state index is -0.705. The Morgan fingerprint density at radius 1 is 1.20 bits per heavy atom. The van der Waals surface area contributed by atoms with Gasteiger partial charge in [0.2, 0.25) is 0 Å². The molecule has 2 amide bonds. The van der Waals surface area contributed by atoms with Crippen LogP contribution >= 0.6 is 22.6 Å². The molecule has 0 fully saturated rings. The molecule has 7 heteroatoms. The molecule has 0 saturated carbocycles. The molecule has 128 valence electrons. The van der Waals surface area contributed by atoms with Gasteiger partial charge in [-0.3, -0.25) is 9.59 Å². The number of hydrogen-bond acceptors (Lipinski definition) is 4. The number of ether oxygens (including phenoxy) is 1. The maximum absolute atomic E-state index is 12.3. The Labute approximate surface area is 159 Å². The molecule has 0 spiro atoms. The number of nitrogens with zero attached hydrogens (tertiary/aromatic N) is 2. The lowest BCUT2D eigenvalue weighted by molar-refractivity contribution is -0.125. The lowest BCUT2D eigenvalue weighted by atomic mass is 10.3. The van der Waals surface area contributed by atoms with Gasteiger partial charge in [0.15, 0.2) is 6.10 Å². The van der Waals surface area contributed by atoms with Crippen LogP contribution in [0.15, 0.2) is 59.7 Å². The van der Waals surface area contributed by atoms with Crippen LogP contribution in [0, 0.1) is 3.57 Å². The Morgan fingerprint density at radius 3 is 2.56 bits per heavy atom. The molecule has 6 nitrogen and oxygen atoms in total. The smallest absolute Gasteiger partial charge is 0.266 e. The Morgan fingerprint density at radius 2 is 1.88 bits per heavy atom. The lowest BCUT2D eigenvalue weighted by Crippen LogP contribution is -2.39. The van der Waals surface area contributed by atoms with Crippen molar-refractivity contribution >= 4 is 45.9 Å². The van der Waals surface area contributed by atoms with Gasteiger partial charge in [-0.2, -0.15) is 10.1 Å². The van der Waals surface area contributed by atoms with Gasteiger partial charge < -0.3 is 10.1 Å². The van der Waals surface area contributed by atoms with E-state index >= 15 is 0 Å². The fraction of sp³-hybridized carbons (Fsp3) is 0.167. The van der Waals surface area contributed by atoms with Crippen molar-refractivity contribution in [2.45, 2.75) is 19.4 Å². The minimum Gasteiger partial charge on any atom is -0.481 e. The Hall–Kier alpha value is -2.42. The third-order valence-corrected chi connectivity index (χ3v) is 4.26. The fourth-order valence-electron chi connectivity index (χ4n) is 2.28. The van der Waals surface area contributed by atoms with Crippen molar-refractivity contribution < 1.29 is 14.3 Å². The normalized spacial score (nSPS) is 14.9. The third-order valence-electron chi connectivity index (χ3n) is 3.54. The number of carbonyl (C=O) groups is 2. The number of nitrogens with one attached hydrogen (secondary N) is 1. The first-order valence-electron chi connectivity index (χ1n) is 7.71. The summed E-state index contributed by atoms with van der Waals surface area (Å²) in [6, 6.07) is 16.5. The van der Waals surface area contributed by atoms with Crippen LogP contribution in [0.5, 0.6) is 5.75 Å². The molecule has 0 radical (unpaired) electrons. The molecule has 2 aromatic carbocycles. The lowest BCUT2D eigenvalue weighted by Gasteiger charge is -2.14. The number of benzene rings is 2. The Kier molecular flexibility index (Phi) is 5.32. The zero-order valence-electron chi connectivity index (χ0n) is 13.5. The van der Waals surface area contributed by atoms with Crippen molar-refractivity contribution in [2.24, 2.45) is 5.10 Å². The zero-order chi connectivity index (χ0) is 17.8. The van der Waals surface area contributed by atoms with Crippen molar-refractivity contribution in [1.82, 2.24) is 5.32 Å². The molecule has 1 unspecified atom stereocenters. The number of anilines is 1. The second-order valence-corrected chi connectivity index (χ2v) is 6.71. The van der Waals surface area contributed by atoms with E-state index in [1.807, 2.05) is 30.3 Å². The van der Waals surface area contributed by atoms with E-state index in [1.165, 1.54) is 5.01 Å². The first-order valence-corrected chi connectivity index (χ1v) is 8.79. The standard InChI is InChI=1S/C18H16IN3O3/c1-12(25-15-9-7-13(19)8-10-15)18(24)20-16-11-17(23)22(21-16)14-5-3-2-4-6-14/h2-10,12H,11H2,1H3,(H,20,21,24). The van der Waals surface area contributed by atoms with E-state index in [2.05, 4.69) is 33.0 Å². The van der Waals surface area contributed by atoms with E-state index in [0.717, 1.165) is 3.57 Å². The molecule has 1 heterocycles. The van der Waals surface area contributed by atoms with E-state index in [4.69, 9.17) is 4.74 Å². The van der Waals surface area contributed by atoms with Crippen LogP contribution in [0.3, 0.4) is 0 Å². The SMILES string of the molecule is CC(Oc1ccc(I)cc1)C(=O)NC1=NN(c2ccccc2)C(=O)C1. The Balaban J connectivity index is 1.62.